The van der Waals surface area contributed by atoms with Crippen molar-refractivity contribution in [3.8, 4) is 22.8 Å². The summed E-state index contributed by atoms with van der Waals surface area (Å²) in [6.07, 6.45) is 4.47. The van der Waals surface area contributed by atoms with Gasteiger partial charge in [-0.05, 0) is 66.9 Å². The topological polar surface area (TPSA) is 34.2 Å². The predicted molar refractivity (Wildman–Crippen MR) is 105 cm³/mol. The molecule has 1 N–H and O–H groups in total. The minimum atomic E-state index is 0.777. The smallest absolute Gasteiger partial charge is 0.120 e. The van der Waals surface area contributed by atoms with E-state index in [1.807, 2.05) is 18.2 Å². The van der Waals surface area contributed by atoms with Crippen molar-refractivity contribution in [2.75, 3.05) is 13.2 Å². The zero-order valence-electron chi connectivity index (χ0n) is 15.2. The Morgan fingerprint density at radius 1 is 0.760 bits per heavy atom. The Hall–Kier alpha value is -2.42. The molecule has 0 saturated heterocycles. The molecule has 0 atom stereocenters. The molecule has 3 rings (SSSR count). The molecular weight excluding hydrogens is 310 g/mol. The SMILES string of the molecule is CCCCOc1ccc(-c2cc3cc(OCCCC)ccc3[nH]2)cc1. The fraction of sp³-hybridized carbons (Fsp3) is 0.364. The summed E-state index contributed by atoms with van der Waals surface area (Å²) in [5, 5.41) is 1.17. The molecule has 0 saturated carbocycles. The van der Waals surface area contributed by atoms with Crippen molar-refractivity contribution in [2.45, 2.75) is 39.5 Å². The standard InChI is InChI=1S/C22H27NO2/c1-3-5-13-24-19-9-7-17(8-10-19)22-16-18-15-20(25-14-6-4-2)11-12-21(18)23-22/h7-12,15-16,23H,3-6,13-14H2,1-2H3. The second kappa shape index (κ2) is 8.61. The van der Waals surface area contributed by atoms with Gasteiger partial charge in [0, 0.05) is 16.6 Å². The van der Waals surface area contributed by atoms with Crippen LogP contribution in [0, 0.1) is 0 Å². The minimum absolute atomic E-state index is 0.777. The summed E-state index contributed by atoms with van der Waals surface area (Å²) in [7, 11) is 0. The van der Waals surface area contributed by atoms with Crippen LogP contribution in [0.15, 0.2) is 48.5 Å². The van der Waals surface area contributed by atoms with E-state index < -0.39 is 0 Å². The van der Waals surface area contributed by atoms with Crippen LogP contribution in [0.3, 0.4) is 0 Å². The van der Waals surface area contributed by atoms with Crippen molar-refractivity contribution in [3.05, 3.63) is 48.5 Å². The summed E-state index contributed by atoms with van der Waals surface area (Å²) in [5.74, 6) is 1.87. The first-order chi connectivity index (χ1) is 12.3. The summed E-state index contributed by atoms with van der Waals surface area (Å²) >= 11 is 0. The van der Waals surface area contributed by atoms with E-state index in [9.17, 15) is 0 Å². The maximum absolute atomic E-state index is 5.80. The Bertz CT molecular complexity index is 789. The minimum Gasteiger partial charge on any atom is -0.494 e. The molecule has 0 bridgehead atoms. The second-order valence-electron chi connectivity index (χ2n) is 6.36. The van der Waals surface area contributed by atoms with Gasteiger partial charge in [0.2, 0.25) is 0 Å². The molecule has 0 spiro atoms. The number of unbranched alkanes of at least 4 members (excludes halogenated alkanes) is 2. The molecule has 132 valence electrons. The van der Waals surface area contributed by atoms with Crippen molar-refractivity contribution in [2.24, 2.45) is 0 Å². The molecule has 0 aliphatic rings. The molecule has 3 nitrogen and oxygen atoms in total. The third kappa shape index (κ3) is 4.56. The van der Waals surface area contributed by atoms with Gasteiger partial charge in [-0.3, -0.25) is 0 Å². The molecule has 3 aromatic rings. The Morgan fingerprint density at radius 3 is 2.08 bits per heavy atom. The summed E-state index contributed by atoms with van der Waals surface area (Å²) < 4.78 is 11.5. The number of aromatic amines is 1. The van der Waals surface area contributed by atoms with Gasteiger partial charge in [0.25, 0.3) is 0 Å². The lowest BCUT2D eigenvalue weighted by Crippen LogP contribution is -1.95. The number of fused-ring (bicyclic) bond motifs is 1. The fourth-order valence-electron chi connectivity index (χ4n) is 2.76. The van der Waals surface area contributed by atoms with E-state index in [0.29, 0.717) is 0 Å². The van der Waals surface area contributed by atoms with Gasteiger partial charge in [0.15, 0.2) is 0 Å². The van der Waals surface area contributed by atoms with Gasteiger partial charge >= 0.3 is 0 Å². The average Bonchev–Trinajstić information content (AvgIpc) is 3.06. The highest BCUT2D eigenvalue weighted by molar-refractivity contribution is 5.87. The van der Waals surface area contributed by atoms with Crippen molar-refractivity contribution < 1.29 is 9.47 Å². The average molecular weight is 337 g/mol. The summed E-state index contributed by atoms with van der Waals surface area (Å²) in [6.45, 7) is 5.90. The maximum atomic E-state index is 5.80. The van der Waals surface area contributed by atoms with E-state index in [1.165, 1.54) is 5.39 Å². The van der Waals surface area contributed by atoms with Gasteiger partial charge in [-0.1, -0.05) is 26.7 Å². The summed E-state index contributed by atoms with van der Waals surface area (Å²) in [6, 6.07) is 16.7. The van der Waals surface area contributed by atoms with E-state index in [0.717, 1.165) is 67.2 Å². The molecule has 3 heteroatoms. The van der Waals surface area contributed by atoms with Gasteiger partial charge in [0.05, 0.1) is 13.2 Å². The van der Waals surface area contributed by atoms with Crippen LogP contribution in [-0.4, -0.2) is 18.2 Å². The van der Waals surface area contributed by atoms with Gasteiger partial charge in [-0.2, -0.15) is 0 Å². The van der Waals surface area contributed by atoms with Crippen LogP contribution in [-0.2, 0) is 0 Å². The molecule has 1 aromatic heterocycles. The molecule has 2 aromatic carbocycles. The van der Waals surface area contributed by atoms with Crippen LogP contribution < -0.4 is 9.47 Å². The lowest BCUT2D eigenvalue weighted by atomic mass is 10.1. The van der Waals surface area contributed by atoms with Crippen molar-refractivity contribution >= 4 is 10.9 Å². The van der Waals surface area contributed by atoms with Gasteiger partial charge < -0.3 is 14.5 Å². The van der Waals surface area contributed by atoms with E-state index in [4.69, 9.17) is 9.47 Å². The zero-order chi connectivity index (χ0) is 17.5. The molecule has 0 aliphatic heterocycles. The van der Waals surface area contributed by atoms with Crippen molar-refractivity contribution in [3.63, 3.8) is 0 Å². The largest absolute Gasteiger partial charge is 0.494 e. The highest BCUT2D eigenvalue weighted by Crippen LogP contribution is 2.28. The molecule has 0 fully saturated rings. The molecule has 0 radical (unpaired) electrons. The van der Waals surface area contributed by atoms with E-state index >= 15 is 0 Å². The van der Waals surface area contributed by atoms with E-state index in [-0.39, 0.29) is 0 Å². The maximum Gasteiger partial charge on any atom is 0.120 e. The van der Waals surface area contributed by atoms with Crippen LogP contribution in [0.5, 0.6) is 11.5 Å². The van der Waals surface area contributed by atoms with Gasteiger partial charge in [-0.25, -0.2) is 0 Å². The van der Waals surface area contributed by atoms with E-state index in [1.54, 1.807) is 0 Å². The lowest BCUT2D eigenvalue weighted by Gasteiger charge is -2.05. The lowest BCUT2D eigenvalue weighted by molar-refractivity contribution is 0.309. The summed E-state index contributed by atoms with van der Waals surface area (Å²) in [5.41, 5.74) is 3.40. The van der Waals surface area contributed by atoms with Gasteiger partial charge in [0.1, 0.15) is 11.5 Å². The number of hydrogen-bond donors (Lipinski definition) is 1. The highest BCUT2D eigenvalue weighted by Gasteiger charge is 2.05. The third-order valence-electron chi connectivity index (χ3n) is 4.29. The predicted octanol–water partition coefficient (Wildman–Crippen LogP) is 6.19. The first-order valence-electron chi connectivity index (χ1n) is 9.29. The summed E-state index contributed by atoms with van der Waals surface area (Å²) in [4.78, 5) is 3.48. The number of ether oxygens (including phenoxy) is 2. The highest BCUT2D eigenvalue weighted by atomic mass is 16.5. The van der Waals surface area contributed by atoms with E-state index in [2.05, 4.69) is 49.2 Å². The number of benzene rings is 2. The Morgan fingerprint density at radius 2 is 1.40 bits per heavy atom. The number of H-pyrrole nitrogens is 1. The molecule has 0 aliphatic carbocycles. The van der Waals surface area contributed by atoms with Crippen molar-refractivity contribution in [1.29, 1.82) is 0 Å². The van der Waals surface area contributed by atoms with Crippen LogP contribution >= 0.6 is 0 Å². The Balaban J connectivity index is 1.72. The fourth-order valence-corrected chi connectivity index (χ4v) is 2.76. The molecule has 0 amide bonds. The molecule has 1 heterocycles. The van der Waals surface area contributed by atoms with Gasteiger partial charge in [-0.15, -0.1) is 0 Å². The van der Waals surface area contributed by atoms with Crippen LogP contribution in [0.4, 0.5) is 0 Å². The van der Waals surface area contributed by atoms with Crippen molar-refractivity contribution in [1.82, 2.24) is 4.98 Å². The molecule has 0 unspecified atom stereocenters. The van der Waals surface area contributed by atoms with Crippen LogP contribution in [0.25, 0.3) is 22.2 Å². The normalized spacial score (nSPS) is 11.0. The second-order valence-corrected chi connectivity index (χ2v) is 6.36. The first kappa shape index (κ1) is 17.4. The molecule has 25 heavy (non-hydrogen) atoms. The first-order valence-corrected chi connectivity index (χ1v) is 9.29. The van der Waals surface area contributed by atoms with Crippen LogP contribution in [0.2, 0.25) is 0 Å². The number of hydrogen-bond acceptors (Lipinski definition) is 2. The van der Waals surface area contributed by atoms with Crippen LogP contribution in [0.1, 0.15) is 39.5 Å². The third-order valence-corrected chi connectivity index (χ3v) is 4.29. The monoisotopic (exact) mass is 337 g/mol. The quantitative estimate of drug-likeness (QED) is 0.472. The number of rotatable bonds is 9. The Labute approximate surface area is 150 Å². The molecular formula is C22H27NO2. The number of aromatic nitrogens is 1. The number of nitrogens with one attached hydrogen (secondary N) is 1. The Kier molecular flexibility index (Phi) is 5.99. The zero-order valence-corrected chi connectivity index (χ0v) is 15.2.